The van der Waals surface area contributed by atoms with E-state index in [2.05, 4.69) is 30.3 Å². The molecule has 104 valence electrons. The highest BCUT2D eigenvalue weighted by Crippen LogP contribution is 2.23. The van der Waals surface area contributed by atoms with Gasteiger partial charge in [0.1, 0.15) is 6.10 Å². The Balaban J connectivity index is 1.72. The quantitative estimate of drug-likeness (QED) is 0.872. The van der Waals surface area contributed by atoms with Crippen molar-refractivity contribution in [2.24, 2.45) is 0 Å². The summed E-state index contributed by atoms with van der Waals surface area (Å²) in [6.45, 7) is 0. The van der Waals surface area contributed by atoms with Gasteiger partial charge < -0.3 is 9.84 Å². The van der Waals surface area contributed by atoms with E-state index in [4.69, 9.17) is 4.74 Å². The number of aliphatic hydroxyl groups is 1. The molecule has 1 unspecified atom stereocenters. The lowest BCUT2D eigenvalue weighted by Gasteiger charge is -2.26. The Bertz CT molecular complexity index is 615. The summed E-state index contributed by atoms with van der Waals surface area (Å²) < 4.78 is 5.29. The van der Waals surface area contributed by atoms with E-state index in [1.54, 1.807) is 0 Å². The lowest BCUT2D eigenvalue weighted by atomic mass is 9.96. The van der Waals surface area contributed by atoms with Gasteiger partial charge in [-0.25, -0.2) is 0 Å². The minimum atomic E-state index is -0.547. The summed E-state index contributed by atoms with van der Waals surface area (Å²) in [5.41, 5.74) is 1.26. The summed E-state index contributed by atoms with van der Waals surface area (Å²) >= 11 is 0. The van der Waals surface area contributed by atoms with Crippen molar-refractivity contribution in [1.82, 2.24) is 0 Å². The SMILES string of the molecule is O=C1C[C@H](O)CC(CCc2cccc3ccccc23)O1. The first-order valence-electron chi connectivity index (χ1n) is 7.06. The summed E-state index contributed by atoms with van der Waals surface area (Å²) in [4.78, 5) is 11.3. The molecule has 3 heteroatoms. The Morgan fingerprint density at radius 3 is 2.80 bits per heavy atom. The molecular weight excluding hydrogens is 252 g/mol. The first-order valence-corrected chi connectivity index (χ1v) is 7.06. The number of carbonyl (C=O) groups is 1. The standard InChI is InChI=1S/C17H18O3/c18-14-10-15(20-17(19)11-14)9-8-13-6-3-5-12-4-1-2-7-16(12)13/h1-7,14-15,18H,8-11H2/t14-,15?/m1/s1. The van der Waals surface area contributed by atoms with Crippen molar-refractivity contribution in [3.63, 3.8) is 0 Å². The van der Waals surface area contributed by atoms with E-state index in [-0.39, 0.29) is 18.5 Å². The minimum absolute atomic E-state index is 0.130. The van der Waals surface area contributed by atoms with E-state index in [1.165, 1.54) is 16.3 Å². The largest absolute Gasteiger partial charge is 0.462 e. The van der Waals surface area contributed by atoms with Crippen molar-refractivity contribution in [2.75, 3.05) is 0 Å². The first kappa shape index (κ1) is 13.1. The van der Waals surface area contributed by atoms with Gasteiger partial charge in [-0.15, -0.1) is 0 Å². The molecule has 0 saturated carbocycles. The maximum Gasteiger partial charge on any atom is 0.308 e. The number of carbonyl (C=O) groups excluding carboxylic acids is 1. The van der Waals surface area contributed by atoms with Crippen LogP contribution in [0.5, 0.6) is 0 Å². The van der Waals surface area contributed by atoms with Crippen LogP contribution in [0.3, 0.4) is 0 Å². The van der Waals surface area contributed by atoms with Gasteiger partial charge in [0.05, 0.1) is 12.5 Å². The van der Waals surface area contributed by atoms with Crippen LogP contribution >= 0.6 is 0 Å². The molecule has 3 rings (SSSR count). The maximum atomic E-state index is 11.3. The Kier molecular flexibility index (Phi) is 3.70. The number of hydrogen-bond acceptors (Lipinski definition) is 3. The lowest BCUT2D eigenvalue weighted by molar-refractivity contribution is -0.160. The van der Waals surface area contributed by atoms with Crippen LogP contribution in [0.15, 0.2) is 42.5 Å². The van der Waals surface area contributed by atoms with Crippen LogP contribution in [0, 0.1) is 0 Å². The zero-order valence-corrected chi connectivity index (χ0v) is 11.3. The van der Waals surface area contributed by atoms with Gasteiger partial charge in [0, 0.05) is 6.42 Å². The fraction of sp³-hybridized carbons (Fsp3) is 0.353. The van der Waals surface area contributed by atoms with Gasteiger partial charge in [0.15, 0.2) is 0 Å². The molecule has 1 aliphatic heterocycles. The highest BCUT2D eigenvalue weighted by atomic mass is 16.5. The maximum absolute atomic E-state index is 11.3. The molecule has 3 nitrogen and oxygen atoms in total. The van der Waals surface area contributed by atoms with E-state index >= 15 is 0 Å². The molecule has 20 heavy (non-hydrogen) atoms. The summed E-state index contributed by atoms with van der Waals surface area (Å²) in [5.74, 6) is -0.285. The normalized spacial score (nSPS) is 22.8. The van der Waals surface area contributed by atoms with Crippen LogP contribution in [0.25, 0.3) is 10.8 Å². The summed E-state index contributed by atoms with van der Waals surface area (Å²) in [7, 11) is 0. The fourth-order valence-electron chi connectivity index (χ4n) is 2.87. The molecule has 0 radical (unpaired) electrons. The van der Waals surface area contributed by atoms with E-state index in [9.17, 15) is 9.90 Å². The van der Waals surface area contributed by atoms with Gasteiger partial charge in [0.25, 0.3) is 0 Å². The Morgan fingerprint density at radius 1 is 1.15 bits per heavy atom. The molecule has 1 saturated heterocycles. The van der Waals surface area contributed by atoms with Gasteiger partial charge in [-0.1, -0.05) is 42.5 Å². The number of aliphatic hydroxyl groups excluding tert-OH is 1. The third kappa shape index (κ3) is 2.83. The third-order valence-electron chi connectivity index (χ3n) is 3.85. The van der Waals surface area contributed by atoms with Gasteiger partial charge in [0.2, 0.25) is 0 Å². The molecular formula is C17H18O3. The van der Waals surface area contributed by atoms with Crippen molar-refractivity contribution in [3.8, 4) is 0 Å². The molecule has 0 amide bonds. The van der Waals surface area contributed by atoms with Crippen LogP contribution in [0.4, 0.5) is 0 Å². The fourth-order valence-corrected chi connectivity index (χ4v) is 2.87. The van der Waals surface area contributed by atoms with Crippen molar-refractivity contribution in [1.29, 1.82) is 0 Å². The Hall–Kier alpha value is -1.87. The van der Waals surface area contributed by atoms with Gasteiger partial charge in [-0.05, 0) is 29.2 Å². The molecule has 0 bridgehead atoms. The zero-order valence-electron chi connectivity index (χ0n) is 11.3. The van der Waals surface area contributed by atoms with Gasteiger partial charge in [-0.2, -0.15) is 0 Å². The van der Waals surface area contributed by atoms with Crippen LogP contribution in [-0.2, 0) is 16.0 Å². The first-order chi connectivity index (χ1) is 9.72. The number of cyclic esters (lactones) is 1. The van der Waals surface area contributed by atoms with E-state index in [0.29, 0.717) is 6.42 Å². The number of fused-ring (bicyclic) bond motifs is 1. The number of benzene rings is 2. The highest BCUT2D eigenvalue weighted by molar-refractivity contribution is 5.85. The number of ether oxygens (including phenoxy) is 1. The molecule has 1 heterocycles. The average Bonchev–Trinajstić information content (AvgIpc) is 2.44. The van der Waals surface area contributed by atoms with Crippen LogP contribution in [-0.4, -0.2) is 23.3 Å². The average molecular weight is 270 g/mol. The van der Waals surface area contributed by atoms with Gasteiger partial charge in [-0.3, -0.25) is 4.79 Å². The second-order valence-electron chi connectivity index (χ2n) is 5.38. The molecule has 1 fully saturated rings. The molecule has 2 atom stereocenters. The van der Waals surface area contributed by atoms with Crippen molar-refractivity contribution < 1.29 is 14.6 Å². The topological polar surface area (TPSA) is 46.5 Å². The third-order valence-corrected chi connectivity index (χ3v) is 3.85. The summed E-state index contributed by atoms with van der Waals surface area (Å²) in [6.07, 6.45) is 1.59. The zero-order chi connectivity index (χ0) is 13.9. The molecule has 0 spiro atoms. The van der Waals surface area contributed by atoms with Crippen molar-refractivity contribution >= 4 is 16.7 Å². The smallest absolute Gasteiger partial charge is 0.308 e. The predicted molar refractivity (Wildman–Crippen MR) is 77.4 cm³/mol. The molecule has 2 aromatic carbocycles. The Morgan fingerprint density at radius 2 is 1.95 bits per heavy atom. The molecule has 0 aliphatic carbocycles. The molecule has 1 N–H and O–H groups in total. The van der Waals surface area contributed by atoms with E-state index < -0.39 is 6.10 Å². The van der Waals surface area contributed by atoms with Crippen LogP contribution in [0.1, 0.15) is 24.8 Å². The summed E-state index contributed by atoms with van der Waals surface area (Å²) in [6, 6.07) is 14.6. The number of rotatable bonds is 3. The molecule has 1 aliphatic rings. The number of esters is 1. The van der Waals surface area contributed by atoms with Crippen molar-refractivity contribution in [3.05, 3.63) is 48.0 Å². The monoisotopic (exact) mass is 270 g/mol. The highest BCUT2D eigenvalue weighted by Gasteiger charge is 2.26. The minimum Gasteiger partial charge on any atom is -0.462 e. The van der Waals surface area contributed by atoms with E-state index in [0.717, 1.165) is 12.8 Å². The van der Waals surface area contributed by atoms with Gasteiger partial charge >= 0.3 is 5.97 Å². The van der Waals surface area contributed by atoms with Crippen LogP contribution in [0.2, 0.25) is 0 Å². The summed E-state index contributed by atoms with van der Waals surface area (Å²) in [5, 5.41) is 12.1. The predicted octanol–water partition coefficient (Wildman–Crippen LogP) is 2.84. The lowest BCUT2D eigenvalue weighted by Crippen LogP contribution is -2.32. The molecule has 2 aromatic rings. The second kappa shape index (κ2) is 5.63. The van der Waals surface area contributed by atoms with E-state index in [1.807, 2.05) is 12.1 Å². The van der Waals surface area contributed by atoms with Crippen LogP contribution < -0.4 is 0 Å². The Labute approximate surface area is 118 Å². The second-order valence-corrected chi connectivity index (χ2v) is 5.38. The van der Waals surface area contributed by atoms with Crippen molar-refractivity contribution in [2.45, 2.75) is 37.9 Å². The molecule has 0 aromatic heterocycles. The number of hydrogen-bond donors (Lipinski definition) is 1. The number of aryl methyl sites for hydroxylation is 1.